The van der Waals surface area contributed by atoms with Crippen LogP contribution in [0.2, 0.25) is 10.0 Å². The number of hydrogen-bond acceptors (Lipinski definition) is 1. The van der Waals surface area contributed by atoms with Crippen molar-refractivity contribution in [2.75, 3.05) is 7.05 Å². The van der Waals surface area contributed by atoms with E-state index in [0.717, 1.165) is 27.9 Å². The number of rotatable bonds is 4. The molecule has 0 heterocycles. The molecule has 1 fully saturated rings. The molecule has 0 amide bonds. The summed E-state index contributed by atoms with van der Waals surface area (Å²) in [5, 5.41) is 5.01. The molecule has 1 atom stereocenters. The molecule has 1 saturated carbocycles. The van der Waals surface area contributed by atoms with Crippen LogP contribution in [0.5, 0.6) is 0 Å². The van der Waals surface area contributed by atoms with E-state index in [9.17, 15) is 0 Å². The second kappa shape index (κ2) is 6.08. The van der Waals surface area contributed by atoms with Crippen LogP contribution < -0.4 is 5.32 Å². The van der Waals surface area contributed by atoms with Crippen molar-refractivity contribution >= 4 is 23.2 Å². The maximum absolute atomic E-state index is 6.23. The highest BCUT2D eigenvalue weighted by molar-refractivity contribution is 6.36. The molecule has 1 nitrogen and oxygen atoms in total. The van der Waals surface area contributed by atoms with Crippen LogP contribution in [0.4, 0.5) is 0 Å². The Morgan fingerprint density at radius 1 is 1.24 bits per heavy atom. The fraction of sp³-hybridized carbons (Fsp3) is 0.571. The Balaban J connectivity index is 2.12. The van der Waals surface area contributed by atoms with Gasteiger partial charge in [0.15, 0.2) is 0 Å². The van der Waals surface area contributed by atoms with Crippen molar-refractivity contribution in [1.82, 2.24) is 5.32 Å². The molecule has 0 radical (unpaired) electrons. The predicted octanol–water partition coefficient (Wildman–Crippen LogP) is 4.31. The number of nitrogens with one attached hydrogen (secondary N) is 1. The molecule has 94 valence electrons. The Kier molecular flexibility index (Phi) is 4.72. The van der Waals surface area contributed by atoms with E-state index in [4.69, 9.17) is 23.2 Å². The van der Waals surface area contributed by atoms with Gasteiger partial charge in [-0.15, -0.1) is 0 Å². The second-order valence-electron chi connectivity index (χ2n) is 4.84. The number of hydrogen-bond donors (Lipinski definition) is 1. The molecule has 1 aromatic rings. The van der Waals surface area contributed by atoms with E-state index in [0.29, 0.717) is 6.04 Å². The zero-order valence-electron chi connectivity index (χ0n) is 10.2. The minimum absolute atomic E-state index is 0.495. The van der Waals surface area contributed by atoms with Gasteiger partial charge in [-0.25, -0.2) is 0 Å². The van der Waals surface area contributed by atoms with E-state index in [2.05, 4.69) is 5.32 Å². The third-order valence-corrected chi connectivity index (χ3v) is 4.53. The second-order valence-corrected chi connectivity index (χ2v) is 5.66. The lowest BCUT2D eigenvalue weighted by molar-refractivity contribution is 0.377. The SMILES string of the molecule is CNC(Cc1c(Cl)cccc1Cl)C1CCCC1. The third-order valence-electron chi connectivity index (χ3n) is 3.83. The molecule has 1 aliphatic rings. The lowest BCUT2D eigenvalue weighted by Crippen LogP contribution is -2.34. The van der Waals surface area contributed by atoms with E-state index in [1.807, 2.05) is 25.2 Å². The first-order valence-corrected chi connectivity index (χ1v) is 7.08. The van der Waals surface area contributed by atoms with Crippen LogP contribution in [-0.4, -0.2) is 13.1 Å². The molecule has 1 aromatic carbocycles. The van der Waals surface area contributed by atoms with Crippen LogP contribution in [-0.2, 0) is 6.42 Å². The number of halogens is 2. The van der Waals surface area contributed by atoms with E-state index >= 15 is 0 Å². The highest BCUT2D eigenvalue weighted by Crippen LogP contribution is 2.32. The summed E-state index contributed by atoms with van der Waals surface area (Å²) in [5.74, 6) is 0.771. The molecular weight excluding hydrogens is 253 g/mol. The number of benzene rings is 1. The lowest BCUT2D eigenvalue weighted by atomic mass is 9.92. The first kappa shape index (κ1) is 13.2. The van der Waals surface area contributed by atoms with Gasteiger partial charge in [0.05, 0.1) is 0 Å². The average Bonchev–Trinajstić information content (AvgIpc) is 2.82. The van der Waals surface area contributed by atoms with E-state index < -0.39 is 0 Å². The Labute approximate surface area is 114 Å². The standard InChI is InChI=1S/C14H19Cl2N/c1-17-14(10-5-2-3-6-10)9-11-12(15)7-4-8-13(11)16/h4,7-8,10,14,17H,2-3,5-6,9H2,1H3. The van der Waals surface area contributed by atoms with Gasteiger partial charge >= 0.3 is 0 Å². The summed E-state index contributed by atoms with van der Waals surface area (Å²) in [5.41, 5.74) is 1.09. The van der Waals surface area contributed by atoms with Crippen molar-refractivity contribution in [2.24, 2.45) is 5.92 Å². The van der Waals surface area contributed by atoms with Crippen LogP contribution in [0, 0.1) is 5.92 Å². The molecule has 17 heavy (non-hydrogen) atoms. The summed E-state index contributed by atoms with van der Waals surface area (Å²) < 4.78 is 0. The zero-order valence-corrected chi connectivity index (χ0v) is 11.7. The van der Waals surface area contributed by atoms with Gasteiger partial charge in [-0.05, 0) is 49.9 Å². The van der Waals surface area contributed by atoms with Gasteiger partial charge in [0.2, 0.25) is 0 Å². The summed E-state index contributed by atoms with van der Waals surface area (Å²) in [6.45, 7) is 0. The topological polar surface area (TPSA) is 12.0 Å². The molecule has 0 bridgehead atoms. The molecule has 0 aromatic heterocycles. The molecule has 3 heteroatoms. The highest BCUT2D eigenvalue weighted by atomic mass is 35.5. The van der Waals surface area contributed by atoms with Gasteiger partial charge in [-0.3, -0.25) is 0 Å². The normalized spacial score (nSPS) is 18.5. The van der Waals surface area contributed by atoms with Crippen molar-refractivity contribution in [2.45, 2.75) is 38.1 Å². The molecule has 0 spiro atoms. The quantitative estimate of drug-likeness (QED) is 0.861. The summed E-state index contributed by atoms with van der Waals surface area (Å²) >= 11 is 12.5. The van der Waals surface area contributed by atoms with Gasteiger partial charge in [0, 0.05) is 16.1 Å². The van der Waals surface area contributed by atoms with Gasteiger partial charge in [0.1, 0.15) is 0 Å². The van der Waals surface area contributed by atoms with Gasteiger partial charge in [0.25, 0.3) is 0 Å². The molecule has 2 rings (SSSR count). The molecule has 1 unspecified atom stereocenters. The predicted molar refractivity (Wildman–Crippen MR) is 75.0 cm³/mol. The smallest absolute Gasteiger partial charge is 0.0453 e. The summed E-state index contributed by atoms with van der Waals surface area (Å²) in [6.07, 6.45) is 6.30. The van der Waals surface area contributed by atoms with Crippen LogP contribution in [0.3, 0.4) is 0 Å². The Morgan fingerprint density at radius 2 is 1.82 bits per heavy atom. The molecule has 0 aliphatic heterocycles. The van der Waals surface area contributed by atoms with Crippen molar-refractivity contribution in [3.8, 4) is 0 Å². The van der Waals surface area contributed by atoms with Gasteiger partial charge in [-0.2, -0.15) is 0 Å². The monoisotopic (exact) mass is 271 g/mol. The minimum atomic E-state index is 0.495. The number of likely N-dealkylation sites (N-methyl/N-ethyl adjacent to an activating group) is 1. The summed E-state index contributed by atoms with van der Waals surface area (Å²) in [4.78, 5) is 0. The largest absolute Gasteiger partial charge is 0.316 e. The minimum Gasteiger partial charge on any atom is -0.316 e. The summed E-state index contributed by atoms with van der Waals surface area (Å²) in [6, 6.07) is 6.24. The zero-order chi connectivity index (χ0) is 12.3. The van der Waals surface area contributed by atoms with Crippen molar-refractivity contribution < 1.29 is 0 Å². The van der Waals surface area contributed by atoms with Crippen molar-refractivity contribution in [3.05, 3.63) is 33.8 Å². The Hall–Kier alpha value is -0.240. The van der Waals surface area contributed by atoms with Crippen molar-refractivity contribution in [1.29, 1.82) is 0 Å². The fourth-order valence-electron chi connectivity index (χ4n) is 2.81. The third kappa shape index (κ3) is 3.15. The van der Waals surface area contributed by atoms with E-state index in [1.54, 1.807) is 0 Å². The van der Waals surface area contributed by atoms with Crippen LogP contribution in [0.15, 0.2) is 18.2 Å². The van der Waals surface area contributed by atoms with Crippen LogP contribution in [0.25, 0.3) is 0 Å². The van der Waals surface area contributed by atoms with Crippen LogP contribution in [0.1, 0.15) is 31.2 Å². The molecule has 1 aliphatic carbocycles. The highest BCUT2D eigenvalue weighted by Gasteiger charge is 2.25. The van der Waals surface area contributed by atoms with E-state index in [-0.39, 0.29) is 0 Å². The van der Waals surface area contributed by atoms with Gasteiger partial charge < -0.3 is 5.32 Å². The lowest BCUT2D eigenvalue weighted by Gasteiger charge is -2.24. The van der Waals surface area contributed by atoms with Crippen molar-refractivity contribution in [3.63, 3.8) is 0 Å². The fourth-order valence-corrected chi connectivity index (χ4v) is 3.36. The maximum Gasteiger partial charge on any atom is 0.0453 e. The van der Waals surface area contributed by atoms with Crippen LogP contribution >= 0.6 is 23.2 Å². The molecule has 1 N–H and O–H groups in total. The first-order valence-electron chi connectivity index (χ1n) is 6.32. The Morgan fingerprint density at radius 3 is 2.35 bits per heavy atom. The average molecular weight is 272 g/mol. The first-order chi connectivity index (χ1) is 8.22. The molecular formula is C14H19Cl2N. The maximum atomic E-state index is 6.23. The molecule has 0 saturated heterocycles. The Bertz CT molecular complexity index is 352. The summed E-state index contributed by atoms with van der Waals surface area (Å²) in [7, 11) is 2.04. The van der Waals surface area contributed by atoms with E-state index in [1.165, 1.54) is 25.7 Å². The van der Waals surface area contributed by atoms with Gasteiger partial charge in [-0.1, -0.05) is 42.1 Å².